The van der Waals surface area contributed by atoms with E-state index in [1.54, 1.807) is 29.0 Å². The van der Waals surface area contributed by atoms with Gasteiger partial charge in [0.1, 0.15) is 18.3 Å². The van der Waals surface area contributed by atoms with Crippen molar-refractivity contribution >= 4 is 32.7 Å². The van der Waals surface area contributed by atoms with Crippen LogP contribution in [-0.2, 0) is 26.0 Å². The summed E-state index contributed by atoms with van der Waals surface area (Å²) in [5.41, 5.74) is 1.15. The molecule has 0 aliphatic carbocycles. The highest BCUT2D eigenvalue weighted by Gasteiger charge is 2.37. The van der Waals surface area contributed by atoms with E-state index in [0.29, 0.717) is 54.8 Å². The Morgan fingerprint density at radius 2 is 1.91 bits per heavy atom. The summed E-state index contributed by atoms with van der Waals surface area (Å²) in [5.74, 6) is -1.10. The molecule has 2 aliphatic heterocycles. The van der Waals surface area contributed by atoms with Crippen molar-refractivity contribution in [1.29, 1.82) is 0 Å². The summed E-state index contributed by atoms with van der Waals surface area (Å²) in [5, 5.41) is 20.0. The number of ether oxygens (including phenoxy) is 1. The first kappa shape index (κ1) is 22.6. The molecule has 0 saturated carbocycles. The van der Waals surface area contributed by atoms with Crippen molar-refractivity contribution < 1.29 is 33.0 Å². The standard InChI is InChI=1S/C21H27N3O7S/c1-31-15-2-3-18-16(10-15)17(11-24(18)12-19(25)26)20(21(27)28)23-7-5-22(6-8-23)14-4-9-32(29,30)13-14/h2-3,10-11,14,20H,4-9,12-13H2,1H3,(H,25,26)(H,27,28)/t14-,20+/m0/s1. The molecule has 0 bridgehead atoms. The minimum atomic E-state index is -2.98. The van der Waals surface area contributed by atoms with Crippen LogP contribution in [0.2, 0.25) is 0 Å². The van der Waals surface area contributed by atoms with E-state index in [0.717, 1.165) is 0 Å². The molecular weight excluding hydrogens is 438 g/mol. The van der Waals surface area contributed by atoms with E-state index in [2.05, 4.69) is 4.90 Å². The van der Waals surface area contributed by atoms with Gasteiger partial charge in [-0.05, 0) is 24.6 Å². The van der Waals surface area contributed by atoms with Crippen LogP contribution in [0.1, 0.15) is 18.0 Å². The molecule has 11 heteroatoms. The Labute approximate surface area is 185 Å². The van der Waals surface area contributed by atoms with Gasteiger partial charge >= 0.3 is 11.9 Å². The monoisotopic (exact) mass is 465 g/mol. The molecule has 1 aromatic heterocycles. The first-order valence-electron chi connectivity index (χ1n) is 10.5. The van der Waals surface area contributed by atoms with Gasteiger partial charge in [0.2, 0.25) is 0 Å². The highest BCUT2D eigenvalue weighted by Crippen LogP contribution is 2.34. The van der Waals surface area contributed by atoms with E-state index in [-0.39, 0.29) is 24.1 Å². The number of carbonyl (C=O) groups is 2. The third-order valence-corrected chi connectivity index (χ3v) is 8.14. The van der Waals surface area contributed by atoms with Gasteiger partial charge in [0.15, 0.2) is 9.84 Å². The Hall–Kier alpha value is -2.63. The molecule has 174 valence electrons. The van der Waals surface area contributed by atoms with E-state index >= 15 is 0 Å². The first-order valence-corrected chi connectivity index (χ1v) is 12.3. The molecule has 32 heavy (non-hydrogen) atoms. The molecule has 2 N–H and O–H groups in total. The van der Waals surface area contributed by atoms with Gasteiger partial charge in [-0.25, -0.2) is 8.42 Å². The number of sulfone groups is 1. The fraction of sp³-hybridized carbons (Fsp3) is 0.524. The van der Waals surface area contributed by atoms with Crippen molar-refractivity contribution in [1.82, 2.24) is 14.4 Å². The Kier molecular flexibility index (Phi) is 6.15. The lowest BCUT2D eigenvalue weighted by molar-refractivity contribution is -0.144. The van der Waals surface area contributed by atoms with Crippen LogP contribution in [-0.4, -0.2) is 95.8 Å². The van der Waals surface area contributed by atoms with E-state index in [1.807, 2.05) is 4.90 Å². The number of piperazine rings is 1. The molecule has 1 aromatic carbocycles. The van der Waals surface area contributed by atoms with E-state index in [1.165, 1.54) is 7.11 Å². The topological polar surface area (TPSA) is 129 Å². The van der Waals surface area contributed by atoms with Crippen molar-refractivity contribution in [2.24, 2.45) is 0 Å². The molecule has 3 heterocycles. The normalized spacial score (nSPS) is 22.7. The number of aliphatic carboxylic acids is 2. The average Bonchev–Trinajstić information content (AvgIpc) is 3.27. The summed E-state index contributed by atoms with van der Waals surface area (Å²) in [6, 6.07) is 4.23. The lowest BCUT2D eigenvalue weighted by Crippen LogP contribution is -2.52. The van der Waals surface area contributed by atoms with Gasteiger partial charge in [-0.15, -0.1) is 0 Å². The number of carboxylic acids is 2. The van der Waals surface area contributed by atoms with Crippen LogP contribution in [0.15, 0.2) is 24.4 Å². The molecule has 2 saturated heterocycles. The van der Waals surface area contributed by atoms with Crippen molar-refractivity contribution in [2.75, 3.05) is 44.8 Å². The molecule has 0 spiro atoms. The maximum atomic E-state index is 12.4. The highest BCUT2D eigenvalue weighted by atomic mass is 32.2. The number of aromatic nitrogens is 1. The highest BCUT2D eigenvalue weighted by molar-refractivity contribution is 7.91. The van der Waals surface area contributed by atoms with Crippen LogP contribution in [0.5, 0.6) is 5.75 Å². The minimum Gasteiger partial charge on any atom is -0.497 e. The molecule has 0 unspecified atom stereocenters. The Morgan fingerprint density at radius 1 is 1.19 bits per heavy atom. The summed E-state index contributed by atoms with van der Waals surface area (Å²) in [6.45, 7) is 1.84. The quantitative estimate of drug-likeness (QED) is 0.606. The largest absolute Gasteiger partial charge is 0.497 e. The molecule has 10 nitrogen and oxygen atoms in total. The van der Waals surface area contributed by atoms with Crippen LogP contribution < -0.4 is 4.74 Å². The molecule has 4 rings (SSSR count). The maximum Gasteiger partial charge on any atom is 0.325 e. The van der Waals surface area contributed by atoms with Crippen LogP contribution in [0, 0.1) is 0 Å². The van der Waals surface area contributed by atoms with Crippen molar-refractivity contribution in [3.63, 3.8) is 0 Å². The van der Waals surface area contributed by atoms with E-state index < -0.39 is 27.8 Å². The zero-order valence-corrected chi connectivity index (χ0v) is 18.6. The average molecular weight is 466 g/mol. The molecule has 2 aliphatic rings. The summed E-state index contributed by atoms with van der Waals surface area (Å²) >= 11 is 0. The summed E-state index contributed by atoms with van der Waals surface area (Å²) in [4.78, 5) is 27.7. The third-order valence-electron chi connectivity index (χ3n) is 6.39. The Bertz CT molecular complexity index is 1140. The lowest BCUT2D eigenvalue weighted by atomic mass is 10.0. The Balaban J connectivity index is 1.62. The second kappa shape index (κ2) is 8.72. The maximum absolute atomic E-state index is 12.4. The van der Waals surface area contributed by atoms with Gasteiger partial charge in [-0.1, -0.05) is 0 Å². The third kappa shape index (κ3) is 4.45. The van der Waals surface area contributed by atoms with Gasteiger partial charge in [-0.3, -0.25) is 19.4 Å². The summed E-state index contributed by atoms with van der Waals surface area (Å²) in [6.07, 6.45) is 2.22. The van der Waals surface area contributed by atoms with Gasteiger partial charge < -0.3 is 19.5 Å². The zero-order chi connectivity index (χ0) is 23.0. The van der Waals surface area contributed by atoms with Crippen molar-refractivity contribution in [3.05, 3.63) is 30.0 Å². The Morgan fingerprint density at radius 3 is 2.47 bits per heavy atom. The van der Waals surface area contributed by atoms with Gasteiger partial charge in [0.25, 0.3) is 0 Å². The molecule has 2 atom stereocenters. The number of nitrogens with zero attached hydrogens (tertiary/aromatic N) is 3. The fourth-order valence-corrected chi connectivity index (χ4v) is 6.60. The number of hydrogen-bond acceptors (Lipinski definition) is 7. The number of fused-ring (bicyclic) bond motifs is 1. The smallest absolute Gasteiger partial charge is 0.325 e. The number of carboxylic acid groups (broad SMARTS) is 2. The van der Waals surface area contributed by atoms with Crippen LogP contribution in [0.4, 0.5) is 0 Å². The molecule has 2 aromatic rings. The molecule has 2 fully saturated rings. The number of methoxy groups -OCH3 is 1. The molecule has 0 radical (unpaired) electrons. The predicted molar refractivity (Wildman–Crippen MR) is 117 cm³/mol. The minimum absolute atomic E-state index is 0.00725. The predicted octanol–water partition coefficient (Wildman–Crippen LogP) is 0.665. The number of rotatable bonds is 7. The van der Waals surface area contributed by atoms with E-state index in [4.69, 9.17) is 4.74 Å². The fourth-order valence-electron chi connectivity index (χ4n) is 4.84. The van der Waals surface area contributed by atoms with E-state index in [9.17, 15) is 28.2 Å². The van der Waals surface area contributed by atoms with Crippen LogP contribution in [0.3, 0.4) is 0 Å². The number of hydrogen-bond donors (Lipinski definition) is 2. The van der Waals surface area contributed by atoms with Crippen molar-refractivity contribution in [2.45, 2.75) is 25.0 Å². The molecule has 0 amide bonds. The first-order chi connectivity index (χ1) is 15.2. The van der Waals surface area contributed by atoms with Crippen LogP contribution >= 0.6 is 0 Å². The second-order valence-corrected chi connectivity index (χ2v) is 10.6. The molecular formula is C21H27N3O7S. The summed E-state index contributed by atoms with van der Waals surface area (Å²) < 4.78 is 30.5. The SMILES string of the molecule is COc1ccc2c(c1)c([C@H](C(=O)O)N1CCN([C@H]3CCS(=O)(=O)C3)CC1)cn2CC(=O)O. The van der Waals surface area contributed by atoms with Gasteiger partial charge in [-0.2, -0.15) is 0 Å². The zero-order valence-electron chi connectivity index (χ0n) is 17.8. The van der Waals surface area contributed by atoms with Gasteiger partial charge in [0.05, 0.1) is 18.6 Å². The lowest BCUT2D eigenvalue weighted by Gasteiger charge is -2.40. The number of benzene rings is 1. The summed E-state index contributed by atoms with van der Waals surface area (Å²) in [7, 11) is -1.46. The van der Waals surface area contributed by atoms with Gasteiger partial charge in [0, 0.05) is 54.9 Å². The van der Waals surface area contributed by atoms with Crippen LogP contribution in [0.25, 0.3) is 10.9 Å². The second-order valence-electron chi connectivity index (χ2n) is 8.36. The van der Waals surface area contributed by atoms with Crippen molar-refractivity contribution in [3.8, 4) is 5.75 Å².